The van der Waals surface area contributed by atoms with Gasteiger partial charge in [0, 0.05) is 23.7 Å². The van der Waals surface area contributed by atoms with Gasteiger partial charge in [-0.25, -0.2) is 0 Å². The van der Waals surface area contributed by atoms with Gasteiger partial charge in [0.15, 0.2) is 0 Å². The Labute approximate surface area is 110 Å². The van der Waals surface area contributed by atoms with Crippen LogP contribution in [0.4, 0.5) is 0 Å². The first-order chi connectivity index (χ1) is 7.78. The van der Waals surface area contributed by atoms with Crippen molar-refractivity contribution in [1.29, 1.82) is 0 Å². The zero-order valence-electron chi connectivity index (χ0n) is 11.4. The molecule has 1 aliphatic rings. The van der Waals surface area contributed by atoms with Crippen molar-refractivity contribution in [2.75, 3.05) is 0 Å². The summed E-state index contributed by atoms with van der Waals surface area (Å²) in [5, 5.41) is 0.189. The molecule has 1 aromatic rings. The zero-order chi connectivity index (χ0) is 12.8. The van der Waals surface area contributed by atoms with Crippen molar-refractivity contribution >= 4 is 11.6 Å². The molecule has 1 unspecified atom stereocenters. The lowest BCUT2D eigenvalue weighted by atomic mass is 10.0. The molecule has 17 heavy (non-hydrogen) atoms. The fourth-order valence-corrected chi connectivity index (χ4v) is 3.96. The lowest BCUT2D eigenvalue weighted by Gasteiger charge is -2.12. The molecule has 1 atom stereocenters. The number of aryl methyl sites for hydroxylation is 1. The first-order valence-corrected chi connectivity index (χ1v) is 6.76. The molecule has 0 aromatic carbocycles. The Morgan fingerprint density at radius 1 is 1.29 bits per heavy atom. The van der Waals surface area contributed by atoms with E-state index in [0.29, 0.717) is 16.7 Å². The predicted octanol–water partition coefficient (Wildman–Crippen LogP) is 4.22. The summed E-state index contributed by atoms with van der Waals surface area (Å²) in [6, 6.07) is 4.09. The highest BCUT2D eigenvalue weighted by Gasteiger charge is 2.66. The van der Waals surface area contributed by atoms with E-state index in [4.69, 9.17) is 11.6 Å². The summed E-state index contributed by atoms with van der Waals surface area (Å²) in [6.45, 7) is 11.4. The van der Waals surface area contributed by atoms with Crippen molar-refractivity contribution in [3.05, 3.63) is 29.6 Å². The third-order valence-corrected chi connectivity index (χ3v) is 5.41. The van der Waals surface area contributed by atoms with E-state index in [2.05, 4.69) is 45.7 Å². The van der Waals surface area contributed by atoms with E-state index in [1.807, 2.05) is 12.3 Å². The first-order valence-electron chi connectivity index (χ1n) is 6.33. The quantitative estimate of drug-likeness (QED) is 0.733. The number of rotatable bonds is 3. The van der Waals surface area contributed by atoms with Gasteiger partial charge in [-0.15, -0.1) is 11.6 Å². The Bertz CT molecular complexity index is 409. The first kappa shape index (κ1) is 12.9. The Morgan fingerprint density at radius 2 is 1.88 bits per heavy atom. The Kier molecular flexibility index (Phi) is 3.02. The number of halogens is 1. The molecule has 94 valence electrons. The van der Waals surface area contributed by atoms with Crippen molar-refractivity contribution in [2.45, 2.75) is 46.4 Å². The van der Waals surface area contributed by atoms with E-state index in [-0.39, 0.29) is 5.38 Å². The normalized spacial score (nSPS) is 23.4. The van der Waals surface area contributed by atoms with Crippen LogP contribution in [0.1, 0.15) is 39.0 Å². The van der Waals surface area contributed by atoms with Crippen LogP contribution < -0.4 is 0 Å². The van der Waals surface area contributed by atoms with Crippen LogP contribution in [-0.2, 0) is 6.42 Å². The summed E-state index contributed by atoms with van der Waals surface area (Å²) in [5.41, 5.74) is 3.09. The minimum absolute atomic E-state index is 0.189. The average Bonchev–Trinajstić information content (AvgIpc) is 2.61. The van der Waals surface area contributed by atoms with Crippen LogP contribution in [0, 0.1) is 23.7 Å². The fourth-order valence-electron chi connectivity index (χ4n) is 3.19. The predicted molar refractivity (Wildman–Crippen MR) is 73.4 cm³/mol. The van der Waals surface area contributed by atoms with Crippen LogP contribution in [0.15, 0.2) is 18.3 Å². The van der Waals surface area contributed by atoms with Crippen molar-refractivity contribution in [3.8, 4) is 0 Å². The molecule has 2 rings (SSSR count). The maximum atomic E-state index is 6.61. The van der Waals surface area contributed by atoms with Crippen molar-refractivity contribution in [1.82, 2.24) is 4.98 Å². The third kappa shape index (κ3) is 1.99. The molecule has 0 amide bonds. The van der Waals surface area contributed by atoms with Gasteiger partial charge >= 0.3 is 0 Å². The van der Waals surface area contributed by atoms with Crippen molar-refractivity contribution in [2.24, 2.45) is 16.7 Å². The summed E-state index contributed by atoms with van der Waals surface area (Å²) in [7, 11) is 0. The number of pyridine rings is 1. The van der Waals surface area contributed by atoms with Crippen LogP contribution in [0.25, 0.3) is 0 Å². The van der Waals surface area contributed by atoms with Gasteiger partial charge < -0.3 is 0 Å². The number of hydrogen-bond acceptors (Lipinski definition) is 1. The minimum Gasteiger partial charge on any atom is -0.261 e. The fraction of sp³-hybridized carbons (Fsp3) is 0.667. The van der Waals surface area contributed by atoms with E-state index in [1.54, 1.807) is 0 Å². The molecular weight excluding hydrogens is 230 g/mol. The lowest BCUT2D eigenvalue weighted by molar-refractivity contribution is 0.457. The van der Waals surface area contributed by atoms with Gasteiger partial charge in [0.25, 0.3) is 0 Å². The van der Waals surface area contributed by atoms with Gasteiger partial charge in [-0.05, 0) is 35.3 Å². The molecule has 1 aliphatic carbocycles. The van der Waals surface area contributed by atoms with Gasteiger partial charge in [-0.1, -0.05) is 33.8 Å². The van der Waals surface area contributed by atoms with Crippen molar-refractivity contribution in [3.63, 3.8) is 0 Å². The topological polar surface area (TPSA) is 12.9 Å². The maximum Gasteiger partial charge on any atom is 0.0447 e. The summed E-state index contributed by atoms with van der Waals surface area (Å²) >= 11 is 6.61. The third-order valence-electron chi connectivity index (χ3n) is 5.00. The number of hydrogen-bond donors (Lipinski definition) is 0. The van der Waals surface area contributed by atoms with Crippen LogP contribution in [-0.4, -0.2) is 10.4 Å². The molecule has 1 fully saturated rings. The largest absolute Gasteiger partial charge is 0.261 e. The molecule has 1 aromatic heterocycles. The van der Waals surface area contributed by atoms with E-state index in [1.165, 1.54) is 5.56 Å². The van der Waals surface area contributed by atoms with Crippen molar-refractivity contribution < 1.29 is 0 Å². The molecule has 1 heterocycles. The molecule has 0 saturated heterocycles. The number of aromatic nitrogens is 1. The summed E-state index contributed by atoms with van der Waals surface area (Å²) in [6.07, 6.45) is 2.74. The van der Waals surface area contributed by atoms with E-state index >= 15 is 0 Å². The average molecular weight is 252 g/mol. The van der Waals surface area contributed by atoms with Gasteiger partial charge in [-0.2, -0.15) is 0 Å². The summed E-state index contributed by atoms with van der Waals surface area (Å²) in [5.74, 6) is 0.582. The summed E-state index contributed by atoms with van der Waals surface area (Å²) < 4.78 is 0. The zero-order valence-corrected chi connectivity index (χ0v) is 12.2. The number of nitrogens with zero attached hydrogens (tertiary/aromatic N) is 1. The molecule has 1 saturated carbocycles. The van der Waals surface area contributed by atoms with Crippen LogP contribution in [0.5, 0.6) is 0 Å². The lowest BCUT2D eigenvalue weighted by Crippen LogP contribution is -2.13. The minimum atomic E-state index is 0.189. The summed E-state index contributed by atoms with van der Waals surface area (Å²) in [4.78, 5) is 4.44. The molecule has 0 bridgehead atoms. The Balaban J connectivity index is 2.10. The van der Waals surface area contributed by atoms with Gasteiger partial charge in [0.05, 0.1) is 0 Å². The standard InChI is InChI=1S/C15H22ClN/c1-10-7-6-8-17-12(10)9-11(16)13-14(2,3)15(13,4)5/h6-8,11,13H,9H2,1-5H3. The van der Waals surface area contributed by atoms with E-state index < -0.39 is 0 Å². The van der Waals surface area contributed by atoms with E-state index in [9.17, 15) is 0 Å². The highest BCUT2D eigenvalue weighted by molar-refractivity contribution is 6.21. The van der Waals surface area contributed by atoms with Gasteiger partial charge in [-0.3, -0.25) is 4.98 Å². The monoisotopic (exact) mass is 251 g/mol. The van der Waals surface area contributed by atoms with E-state index in [0.717, 1.165) is 12.1 Å². The molecule has 0 aliphatic heterocycles. The second-order valence-corrected chi connectivity index (χ2v) is 6.97. The smallest absolute Gasteiger partial charge is 0.0447 e. The second-order valence-electron chi connectivity index (χ2n) is 6.41. The molecular formula is C15H22ClN. The highest BCUT2D eigenvalue weighted by Crippen LogP contribution is 2.70. The second kappa shape index (κ2) is 3.98. The van der Waals surface area contributed by atoms with Gasteiger partial charge in [0.2, 0.25) is 0 Å². The van der Waals surface area contributed by atoms with Crippen LogP contribution in [0.2, 0.25) is 0 Å². The Hall–Kier alpha value is -0.560. The molecule has 0 radical (unpaired) electrons. The highest BCUT2D eigenvalue weighted by atomic mass is 35.5. The Morgan fingerprint density at radius 3 is 2.35 bits per heavy atom. The van der Waals surface area contributed by atoms with Crippen LogP contribution in [0.3, 0.4) is 0 Å². The molecule has 0 N–H and O–H groups in total. The maximum absolute atomic E-state index is 6.61. The van der Waals surface area contributed by atoms with Gasteiger partial charge in [0.1, 0.15) is 0 Å². The van der Waals surface area contributed by atoms with Crippen LogP contribution >= 0.6 is 11.6 Å². The SMILES string of the molecule is Cc1cccnc1CC(Cl)C1C(C)(C)C1(C)C. The molecule has 1 nitrogen and oxygen atoms in total. The molecule has 0 spiro atoms. The molecule has 2 heteroatoms. The number of alkyl halides is 1.